The summed E-state index contributed by atoms with van der Waals surface area (Å²) in [4.78, 5) is 27.3. The van der Waals surface area contributed by atoms with Gasteiger partial charge in [0.2, 0.25) is 0 Å². The Morgan fingerprint density at radius 3 is 2.59 bits per heavy atom. The molecular weight excluding hydrogens is 370 g/mol. The van der Waals surface area contributed by atoms with Crippen molar-refractivity contribution in [2.24, 2.45) is 0 Å². The van der Waals surface area contributed by atoms with E-state index in [1.807, 2.05) is 27.7 Å². The SMILES string of the molecule is CCC1CN(Cc2cc(Cl)cc([N+](=O)[O-])c2C)CCN1C(=O)OC(C)(C)C. The van der Waals surface area contributed by atoms with Gasteiger partial charge in [-0.3, -0.25) is 15.0 Å². The summed E-state index contributed by atoms with van der Waals surface area (Å²) >= 11 is 6.07. The number of ether oxygens (including phenoxy) is 1. The van der Waals surface area contributed by atoms with Gasteiger partial charge >= 0.3 is 6.09 Å². The lowest BCUT2D eigenvalue weighted by molar-refractivity contribution is -0.385. The van der Waals surface area contributed by atoms with Crippen molar-refractivity contribution in [2.75, 3.05) is 19.6 Å². The average Bonchev–Trinajstić information content (AvgIpc) is 2.55. The quantitative estimate of drug-likeness (QED) is 0.556. The molecule has 0 bridgehead atoms. The van der Waals surface area contributed by atoms with Crippen LogP contribution in [-0.2, 0) is 11.3 Å². The number of benzene rings is 1. The first-order chi connectivity index (χ1) is 12.5. The van der Waals surface area contributed by atoms with E-state index in [0.717, 1.165) is 12.0 Å². The summed E-state index contributed by atoms with van der Waals surface area (Å²) in [7, 11) is 0. The molecule has 1 heterocycles. The minimum atomic E-state index is -0.524. The van der Waals surface area contributed by atoms with Crippen LogP contribution in [0.5, 0.6) is 0 Å². The van der Waals surface area contributed by atoms with E-state index < -0.39 is 10.5 Å². The van der Waals surface area contributed by atoms with Crippen LogP contribution in [0.25, 0.3) is 0 Å². The molecule has 1 aliphatic heterocycles. The lowest BCUT2D eigenvalue weighted by Gasteiger charge is -2.41. The van der Waals surface area contributed by atoms with E-state index in [0.29, 0.717) is 36.8 Å². The minimum Gasteiger partial charge on any atom is -0.444 e. The van der Waals surface area contributed by atoms with Crippen molar-refractivity contribution in [3.63, 3.8) is 0 Å². The van der Waals surface area contributed by atoms with E-state index in [-0.39, 0.29) is 17.8 Å². The van der Waals surface area contributed by atoms with Crippen LogP contribution in [0.4, 0.5) is 10.5 Å². The van der Waals surface area contributed by atoms with Crippen LogP contribution in [0, 0.1) is 17.0 Å². The maximum Gasteiger partial charge on any atom is 0.410 e. The molecule has 27 heavy (non-hydrogen) atoms. The normalized spacial score (nSPS) is 18.4. The Hall–Kier alpha value is -1.86. The second-order valence-electron chi connectivity index (χ2n) is 7.94. The van der Waals surface area contributed by atoms with E-state index in [1.165, 1.54) is 6.07 Å². The number of nitrogens with zero attached hydrogens (tertiary/aromatic N) is 3. The highest BCUT2D eigenvalue weighted by Gasteiger charge is 2.32. The summed E-state index contributed by atoms with van der Waals surface area (Å²) in [6.45, 7) is 11.9. The highest BCUT2D eigenvalue weighted by Crippen LogP contribution is 2.28. The minimum absolute atomic E-state index is 0.0388. The zero-order valence-electron chi connectivity index (χ0n) is 16.6. The second-order valence-corrected chi connectivity index (χ2v) is 8.37. The monoisotopic (exact) mass is 397 g/mol. The van der Waals surface area contributed by atoms with Gasteiger partial charge in [0.15, 0.2) is 0 Å². The average molecular weight is 398 g/mol. The number of piperazine rings is 1. The fourth-order valence-electron chi connectivity index (χ4n) is 3.29. The Morgan fingerprint density at radius 1 is 1.37 bits per heavy atom. The fourth-order valence-corrected chi connectivity index (χ4v) is 3.52. The van der Waals surface area contributed by atoms with Crippen LogP contribution in [0.2, 0.25) is 5.02 Å². The maximum absolute atomic E-state index is 12.5. The smallest absolute Gasteiger partial charge is 0.410 e. The van der Waals surface area contributed by atoms with Gasteiger partial charge in [-0.25, -0.2) is 4.79 Å². The lowest BCUT2D eigenvalue weighted by atomic mass is 10.0. The van der Waals surface area contributed by atoms with Gasteiger partial charge in [0, 0.05) is 48.9 Å². The molecule has 0 aliphatic carbocycles. The first-order valence-corrected chi connectivity index (χ1v) is 9.55. The van der Waals surface area contributed by atoms with Gasteiger partial charge in [0.25, 0.3) is 5.69 Å². The van der Waals surface area contributed by atoms with E-state index in [2.05, 4.69) is 4.90 Å². The number of halogens is 1. The number of hydrogen-bond acceptors (Lipinski definition) is 5. The molecule has 0 radical (unpaired) electrons. The molecule has 0 aromatic heterocycles. The number of carbonyl (C=O) groups is 1. The Bertz CT molecular complexity index is 718. The molecule has 1 fully saturated rings. The van der Waals surface area contributed by atoms with E-state index in [1.54, 1.807) is 17.9 Å². The molecule has 150 valence electrons. The summed E-state index contributed by atoms with van der Waals surface area (Å²) < 4.78 is 5.52. The first kappa shape index (κ1) is 21.4. The van der Waals surface area contributed by atoms with Gasteiger partial charge in [-0.05, 0) is 45.7 Å². The fraction of sp³-hybridized carbons (Fsp3) is 0.632. The Morgan fingerprint density at radius 2 is 2.04 bits per heavy atom. The van der Waals surface area contributed by atoms with Crippen molar-refractivity contribution in [3.8, 4) is 0 Å². The Labute approximate surface area is 165 Å². The predicted molar refractivity (Wildman–Crippen MR) is 105 cm³/mol. The molecule has 1 amide bonds. The molecule has 1 saturated heterocycles. The summed E-state index contributed by atoms with van der Waals surface area (Å²) in [5, 5.41) is 11.6. The van der Waals surface area contributed by atoms with Crippen LogP contribution in [-0.4, -0.2) is 52.1 Å². The summed E-state index contributed by atoms with van der Waals surface area (Å²) in [5.41, 5.74) is 0.988. The predicted octanol–water partition coefficient (Wildman–Crippen LogP) is 4.39. The lowest BCUT2D eigenvalue weighted by Crippen LogP contribution is -2.55. The van der Waals surface area contributed by atoms with Crippen LogP contribution < -0.4 is 0 Å². The molecule has 7 nitrogen and oxygen atoms in total. The van der Waals surface area contributed by atoms with Gasteiger partial charge < -0.3 is 9.64 Å². The summed E-state index contributed by atoms with van der Waals surface area (Å²) in [5.74, 6) is 0. The van der Waals surface area contributed by atoms with Crippen LogP contribution >= 0.6 is 11.6 Å². The van der Waals surface area contributed by atoms with Crippen molar-refractivity contribution < 1.29 is 14.5 Å². The zero-order valence-corrected chi connectivity index (χ0v) is 17.4. The number of amides is 1. The highest BCUT2D eigenvalue weighted by atomic mass is 35.5. The molecule has 0 N–H and O–H groups in total. The molecule has 1 atom stereocenters. The van der Waals surface area contributed by atoms with Crippen LogP contribution in [0.3, 0.4) is 0 Å². The molecule has 0 saturated carbocycles. The standard InChI is InChI=1S/C19H28ClN3O4/c1-6-16-12-21(7-8-22(16)18(24)27-19(3,4)5)11-14-9-15(20)10-17(13(14)2)23(25)26/h9-10,16H,6-8,11-12H2,1-5H3. The largest absolute Gasteiger partial charge is 0.444 e. The van der Waals surface area contributed by atoms with Gasteiger partial charge in [-0.15, -0.1) is 0 Å². The van der Waals surface area contributed by atoms with Gasteiger partial charge in [-0.1, -0.05) is 18.5 Å². The third-order valence-corrected chi connectivity index (χ3v) is 4.93. The van der Waals surface area contributed by atoms with Gasteiger partial charge in [0.05, 0.1) is 4.92 Å². The summed E-state index contributed by atoms with van der Waals surface area (Å²) in [6, 6.07) is 3.21. The molecule has 1 aromatic rings. The molecule has 1 aromatic carbocycles. The van der Waals surface area contributed by atoms with Crippen LogP contribution in [0.1, 0.15) is 45.2 Å². The van der Waals surface area contributed by atoms with Crippen molar-refractivity contribution in [1.29, 1.82) is 0 Å². The van der Waals surface area contributed by atoms with E-state index >= 15 is 0 Å². The van der Waals surface area contributed by atoms with Crippen molar-refractivity contribution in [1.82, 2.24) is 9.80 Å². The first-order valence-electron chi connectivity index (χ1n) is 9.17. The third-order valence-electron chi connectivity index (χ3n) is 4.71. The van der Waals surface area contributed by atoms with Crippen LogP contribution in [0.15, 0.2) is 12.1 Å². The molecule has 1 unspecified atom stereocenters. The molecule has 8 heteroatoms. The topological polar surface area (TPSA) is 75.9 Å². The van der Waals surface area contributed by atoms with Gasteiger partial charge in [0.1, 0.15) is 5.60 Å². The van der Waals surface area contributed by atoms with E-state index in [4.69, 9.17) is 16.3 Å². The van der Waals surface area contributed by atoms with E-state index in [9.17, 15) is 14.9 Å². The number of rotatable bonds is 4. The number of nitro groups is 1. The third kappa shape index (κ3) is 5.56. The zero-order chi connectivity index (χ0) is 20.4. The molecule has 1 aliphatic rings. The number of hydrogen-bond donors (Lipinski definition) is 0. The summed E-state index contributed by atoms with van der Waals surface area (Å²) in [6.07, 6.45) is 0.522. The molecule has 0 spiro atoms. The number of carbonyl (C=O) groups excluding carboxylic acids is 1. The Balaban J connectivity index is 2.11. The van der Waals surface area contributed by atoms with Crippen molar-refractivity contribution in [3.05, 3.63) is 38.4 Å². The number of nitro benzene ring substituents is 1. The van der Waals surface area contributed by atoms with Crippen molar-refractivity contribution >= 4 is 23.4 Å². The second kappa shape index (κ2) is 8.44. The Kier molecular flexibility index (Phi) is 6.70. The maximum atomic E-state index is 12.5. The molecular formula is C19H28ClN3O4. The highest BCUT2D eigenvalue weighted by molar-refractivity contribution is 6.30. The van der Waals surface area contributed by atoms with Crippen molar-refractivity contribution in [2.45, 2.75) is 59.2 Å². The molecule has 2 rings (SSSR count). The van der Waals surface area contributed by atoms with Gasteiger partial charge in [-0.2, -0.15) is 0 Å².